The summed E-state index contributed by atoms with van der Waals surface area (Å²) < 4.78 is 52.9. The van der Waals surface area contributed by atoms with Crippen molar-refractivity contribution in [2.24, 2.45) is 0 Å². The second kappa shape index (κ2) is 10.2. The van der Waals surface area contributed by atoms with Crippen LogP contribution in [-0.2, 0) is 20.0 Å². The normalized spacial score (nSPS) is 12.2. The zero-order valence-electron chi connectivity index (χ0n) is 17.7. The van der Waals surface area contributed by atoms with E-state index in [-0.39, 0.29) is 40.2 Å². The van der Waals surface area contributed by atoms with Gasteiger partial charge in [0.15, 0.2) is 0 Å². The lowest BCUT2D eigenvalue weighted by Gasteiger charge is -2.21. The fraction of sp³-hybridized carbons (Fsp3) is 0.316. The summed E-state index contributed by atoms with van der Waals surface area (Å²) in [6.07, 6.45) is 0. The van der Waals surface area contributed by atoms with E-state index in [4.69, 9.17) is 0 Å². The van der Waals surface area contributed by atoms with Crippen LogP contribution in [0.1, 0.15) is 24.2 Å². The van der Waals surface area contributed by atoms with Crippen molar-refractivity contribution in [1.82, 2.24) is 14.3 Å². The number of sulfonamides is 2. The third-order valence-corrected chi connectivity index (χ3v) is 8.07. The number of benzene rings is 2. The van der Waals surface area contributed by atoms with E-state index in [2.05, 4.69) is 10.0 Å². The molecule has 0 heterocycles. The van der Waals surface area contributed by atoms with E-state index in [1.165, 1.54) is 53.8 Å². The van der Waals surface area contributed by atoms with Crippen molar-refractivity contribution in [3.8, 4) is 0 Å². The minimum Gasteiger partial charge on any atom is -0.351 e. The van der Waals surface area contributed by atoms with Gasteiger partial charge >= 0.3 is 0 Å². The van der Waals surface area contributed by atoms with E-state index in [9.17, 15) is 31.7 Å². The summed E-state index contributed by atoms with van der Waals surface area (Å²) in [7, 11) is -6.20. The van der Waals surface area contributed by atoms with Gasteiger partial charge < -0.3 is 5.32 Å². The highest BCUT2D eigenvalue weighted by Crippen LogP contribution is 2.18. The number of hydrogen-bond donors (Lipinski definition) is 2. The quantitative estimate of drug-likeness (QED) is 0.293. The lowest BCUT2D eigenvalue weighted by atomic mass is 10.2. The average molecular weight is 485 g/mol. The standard InChI is InChI=1S/C19H24N4O7S2/c1-14(2)22(3)32(29,30)17-9-7-15(8-10-17)19(24)20-11-12-21-31(27,28)18-6-4-5-16(13-18)23(25)26/h4-10,13-14,21H,11-12H2,1-3H3,(H,20,24). The number of non-ortho nitro benzene ring substituents is 1. The number of carbonyl (C=O) groups excluding carboxylic acids is 1. The van der Waals surface area contributed by atoms with Gasteiger partial charge in [0.2, 0.25) is 20.0 Å². The lowest BCUT2D eigenvalue weighted by molar-refractivity contribution is -0.385. The summed E-state index contributed by atoms with van der Waals surface area (Å²) in [5.41, 5.74) is -0.149. The maximum atomic E-state index is 12.5. The number of hydrogen-bond acceptors (Lipinski definition) is 7. The van der Waals surface area contributed by atoms with Crippen LogP contribution in [-0.4, -0.2) is 58.2 Å². The number of nitro groups is 1. The van der Waals surface area contributed by atoms with Gasteiger partial charge in [-0.1, -0.05) is 6.07 Å². The van der Waals surface area contributed by atoms with E-state index in [0.29, 0.717) is 0 Å². The van der Waals surface area contributed by atoms with Gasteiger partial charge in [-0.25, -0.2) is 21.6 Å². The smallest absolute Gasteiger partial charge is 0.270 e. The van der Waals surface area contributed by atoms with Crippen molar-refractivity contribution in [1.29, 1.82) is 0 Å². The van der Waals surface area contributed by atoms with Gasteiger partial charge in [-0.15, -0.1) is 0 Å². The van der Waals surface area contributed by atoms with Gasteiger partial charge in [0.1, 0.15) is 0 Å². The van der Waals surface area contributed by atoms with Gasteiger partial charge in [0, 0.05) is 43.9 Å². The maximum absolute atomic E-state index is 12.5. The minimum absolute atomic E-state index is 0.0509. The van der Waals surface area contributed by atoms with Crippen molar-refractivity contribution < 1.29 is 26.6 Å². The molecule has 0 aromatic heterocycles. The molecule has 2 aromatic rings. The molecule has 32 heavy (non-hydrogen) atoms. The first-order valence-corrected chi connectivity index (χ1v) is 12.4. The molecule has 0 atom stereocenters. The van der Waals surface area contributed by atoms with Crippen LogP contribution in [0.4, 0.5) is 5.69 Å². The van der Waals surface area contributed by atoms with Crippen molar-refractivity contribution in [2.75, 3.05) is 20.1 Å². The van der Waals surface area contributed by atoms with E-state index in [1.54, 1.807) is 13.8 Å². The van der Waals surface area contributed by atoms with E-state index in [0.717, 1.165) is 6.07 Å². The Labute approximate surface area is 186 Å². The average Bonchev–Trinajstić information content (AvgIpc) is 2.76. The molecule has 0 unspecified atom stereocenters. The number of carbonyl (C=O) groups is 1. The van der Waals surface area contributed by atoms with Crippen LogP contribution in [0, 0.1) is 10.1 Å². The highest BCUT2D eigenvalue weighted by atomic mass is 32.2. The molecule has 0 aliphatic heterocycles. The first-order valence-electron chi connectivity index (χ1n) is 9.46. The van der Waals surface area contributed by atoms with Crippen molar-refractivity contribution in [3.63, 3.8) is 0 Å². The van der Waals surface area contributed by atoms with Crippen molar-refractivity contribution >= 4 is 31.6 Å². The number of nitrogens with zero attached hydrogens (tertiary/aromatic N) is 2. The van der Waals surface area contributed by atoms with Crippen LogP contribution in [0.3, 0.4) is 0 Å². The first kappa shape index (κ1) is 25.4. The Balaban J connectivity index is 1.95. The summed E-state index contributed by atoms with van der Waals surface area (Å²) in [6, 6.07) is 9.76. The van der Waals surface area contributed by atoms with Gasteiger partial charge in [-0.3, -0.25) is 14.9 Å². The fourth-order valence-electron chi connectivity index (χ4n) is 2.53. The number of rotatable bonds is 10. The monoisotopic (exact) mass is 484 g/mol. The molecule has 0 aliphatic carbocycles. The molecule has 2 aromatic carbocycles. The molecule has 0 bridgehead atoms. The van der Waals surface area contributed by atoms with Gasteiger partial charge in [-0.05, 0) is 44.2 Å². The van der Waals surface area contributed by atoms with Gasteiger partial charge in [-0.2, -0.15) is 4.31 Å². The molecule has 0 radical (unpaired) electrons. The van der Waals surface area contributed by atoms with Crippen LogP contribution in [0.5, 0.6) is 0 Å². The van der Waals surface area contributed by atoms with Crippen LogP contribution in [0.2, 0.25) is 0 Å². The third-order valence-electron chi connectivity index (χ3n) is 4.56. The Morgan fingerprint density at radius 2 is 1.66 bits per heavy atom. The maximum Gasteiger partial charge on any atom is 0.270 e. The predicted molar refractivity (Wildman–Crippen MR) is 117 cm³/mol. The third kappa shape index (κ3) is 6.09. The van der Waals surface area contributed by atoms with Crippen LogP contribution >= 0.6 is 0 Å². The Hall–Kier alpha value is -2.87. The van der Waals surface area contributed by atoms with Crippen LogP contribution in [0.25, 0.3) is 0 Å². The summed E-state index contributed by atoms with van der Waals surface area (Å²) in [5.74, 6) is -0.513. The Kier molecular flexibility index (Phi) is 8.07. The second-order valence-corrected chi connectivity index (χ2v) is 10.8. The molecule has 0 spiro atoms. The molecular formula is C19H24N4O7S2. The van der Waals surface area contributed by atoms with Gasteiger partial charge in [0.05, 0.1) is 14.7 Å². The molecule has 1 amide bonds. The zero-order chi connectivity index (χ0) is 24.1. The summed E-state index contributed by atoms with van der Waals surface area (Å²) in [6.45, 7) is 3.28. The molecule has 11 nitrogen and oxygen atoms in total. The lowest BCUT2D eigenvalue weighted by Crippen LogP contribution is -2.35. The van der Waals surface area contributed by atoms with E-state index in [1.807, 2.05) is 0 Å². The molecule has 13 heteroatoms. The van der Waals surface area contributed by atoms with Crippen molar-refractivity contribution in [3.05, 3.63) is 64.2 Å². The SMILES string of the molecule is CC(C)N(C)S(=O)(=O)c1ccc(C(=O)NCCNS(=O)(=O)c2cccc([N+](=O)[O-])c2)cc1. The molecule has 0 aliphatic rings. The zero-order valence-corrected chi connectivity index (χ0v) is 19.3. The topological polar surface area (TPSA) is 156 Å². The Morgan fingerprint density at radius 1 is 1.03 bits per heavy atom. The van der Waals surface area contributed by atoms with Crippen molar-refractivity contribution in [2.45, 2.75) is 29.7 Å². The molecule has 0 fully saturated rings. The summed E-state index contributed by atoms with van der Waals surface area (Å²) in [5, 5.41) is 13.3. The second-order valence-electron chi connectivity index (χ2n) is 7.05. The summed E-state index contributed by atoms with van der Waals surface area (Å²) in [4.78, 5) is 22.1. The van der Waals surface area contributed by atoms with E-state index < -0.39 is 30.9 Å². The van der Waals surface area contributed by atoms with Gasteiger partial charge in [0.25, 0.3) is 11.6 Å². The molecule has 0 saturated heterocycles. The molecule has 174 valence electrons. The number of nitrogens with one attached hydrogen (secondary N) is 2. The largest absolute Gasteiger partial charge is 0.351 e. The molecule has 2 rings (SSSR count). The molecule has 2 N–H and O–H groups in total. The first-order chi connectivity index (χ1) is 14.9. The van der Waals surface area contributed by atoms with Crippen LogP contribution in [0.15, 0.2) is 58.3 Å². The highest BCUT2D eigenvalue weighted by molar-refractivity contribution is 7.89. The minimum atomic E-state index is -3.99. The predicted octanol–water partition coefficient (Wildman–Crippen LogP) is 1.33. The van der Waals surface area contributed by atoms with E-state index >= 15 is 0 Å². The molecular weight excluding hydrogens is 460 g/mol. The Morgan fingerprint density at radius 3 is 2.22 bits per heavy atom. The summed E-state index contributed by atoms with van der Waals surface area (Å²) >= 11 is 0. The number of amides is 1. The number of nitro benzene ring substituents is 1. The Bertz CT molecular complexity index is 1190. The molecule has 0 saturated carbocycles. The fourth-order valence-corrected chi connectivity index (χ4v) is 4.97. The highest BCUT2D eigenvalue weighted by Gasteiger charge is 2.23. The van der Waals surface area contributed by atoms with Crippen LogP contribution < -0.4 is 10.0 Å².